The van der Waals surface area contributed by atoms with Crippen molar-refractivity contribution in [3.63, 3.8) is 0 Å². The number of benzene rings is 1. The van der Waals surface area contributed by atoms with Gasteiger partial charge in [0.25, 0.3) is 0 Å². The van der Waals surface area contributed by atoms with Gasteiger partial charge >= 0.3 is 0 Å². The van der Waals surface area contributed by atoms with Gasteiger partial charge in [0.1, 0.15) is 5.75 Å². The molecule has 4 nitrogen and oxygen atoms in total. The van der Waals surface area contributed by atoms with E-state index in [1.54, 1.807) is 7.11 Å². The maximum Gasteiger partial charge on any atom is 0.150 e. The van der Waals surface area contributed by atoms with Crippen LogP contribution in [0.1, 0.15) is 18.0 Å². The minimum Gasteiger partial charge on any atom is -0.495 e. The lowest BCUT2D eigenvalue weighted by atomic mass is 9.92. The molecule has 0 amide bonds. The molecule has 1 aromatic rings. The largest absolute Gasteiger partial charge is 0.495 e. The Morgan fingerprint density at radius 3 is 2.68 bits per heavy atom. The van der Waals surface area contributed by atoms with Crippen LogP contribution in [0.4, 0.5) is 0 Å². The van der Waals surface area contributed by atoms with Crippen molar-refractivity contribution in [2.24, 2.45) is 5.92 Å². The second-order valence-corrected chi connectivity index (χ2v) is 7.46. The van der Waals surface area contributed by atoms with E-state index in [2.05, 4.69) is 5.32 Å². The normalized spacial score (nSPS) is 23.2. The predicted octanol–water partition coefficient (Wildman–Crippen LogP) is 2.04. The molecule has 1 fully saturated rings. The van der Waals surface area contributed by atoms with Crippen LogP contribution >= 0.6 is 11.6 Å². The zero-order valence-corrected chi connectivity index (χ0v) is 12.6. The summed E-state index contributed by atoms with van der Waals surface area (Å²) in [6, 6.07) is 5.58. The minimum absolute atomic E-state index is 0.000631. The lowest BCUT2D eigenvalue weighted by molar-refractivity contribution is 0.408. The van der Waals surface area contributed by atoms with Gasteiger partial charge in [0.05, 0.1) is 23.6 Å². The first kappa shape index (κ1) is 14.6. The third-order valence-electron chi connectivity index (χ3n) is 3.59. The second kappa shape index (κ2) is 5.69. The van der Waals surface area contributed by atoms with Crippen molar-refractivity contribution in [2.75, 3.05) is 25.7 Å². The highest BCUT2D eigenvalue weighted by molar-refractivity contribution is 7.91. The fourth-order valence-electron chi connectivity index (χ4n) is 2.64. The SMILES string of the molecule is CNC(c1ccc(OC)c(Cl)c1)C1CCS(=O)(=O)C1. The molecule has 1 aliphatic rings. The molecular formula is C13H18ClNO3S. The van der Waals surface area contributed by atoms with Gasteiger partial charge in [0, 0.05) is 6.04 Å². The molecule has 2 unspecified atom stereocenters. The van der Waals surface area contributed by atoms with Crippen molar-refractivity contribution in [1.29, 1.82) is 0 Å². The smallest absolute Gasteiger partial charge is 0.150 e. The molecule has 2 rings (SSSR count). The fraction of sp³-hybridized carbons (Fsp3) is 0.538. The van der Waals surface area contributed by atoms with Crippen molar-refractivity contribution in [1.82, 2.24) is 5.32 Å². The van der Waals surface area contributed by atoms with Gasteiger partial charge < -0.3 is 10.1 Å². The maximum absolute atomic E-state index is 11.6. The standard InChI is InChI=1S/C13H18ClNO3S/c1-15-13(10-5-6-19(16,17)8-10)9-3-4-12(18-2)11(14)7-9/h3-4,7,10,13,15H,5-6,8H2,1-2H3. The first-order valence-electron chi connectivity index (χ1n) is 6.18. The summed E-state index contributed by atoms with van der Waals surface area (Å²) in [5, 5.41) is 3.74. The molecule has 1 heterocycles. The Morgan fingerprint density at radius 1 is 1.47 bits per heavy atom. The number of nitrogens with one attached hydrogen (secondary N) is 1. The number of hydrogen-bond acceptors (Lipinski definition) is 4. The number of hydrogen-bond donors (Lipinski definition) is 1. The van der Waals surface area contributed by atoms with Crippen LogP contribution in [-0.2, 0) is 9.84 Å². The average Bonchev–Trinajstić information content (AvgIpc) is 2.71. The van der Waals surface area contributed by atoms with E-state index < -0.39 is 9.84 Å². The molecule has 0 saturated carbocycles. The third kappa shape index (κ3) is 3.22. The molecule has 6 heteroatoms. The van der Waals surface area contributed by atoms with E-state index in [9.17, 15) is 8.42 Å². The first-order chi connectivity index (χ1) is 8.96. The lowest BCUT2D eigenvalue weighted by Crippen LogP contribution is -2.26. The summed E-state index contributed by atoms with van der Waals surface area (Å²) < 4.78 is 28.3. The molecule has 1 saturated heterocycles. The van der Waals surface area contributed by atoms with E-state index in [0.29, 0.717) is 17.2 Å². The highest BCUT2D eigenvalue weighted by Gasteiger charge is 2.33. The monoisotopic (exact) mass is 303 g/mol. The van der Waals surface area contributed by atoms with E-state index in [4.69, 9.17) is 16.3 Å². The van der Waals surface area contributed by atoms with Crippen molar-refractivity contribution in [3.8, 4) is 5.75 Å². The van der Waals surface area contributed by atoms with Gasteiger partial charge in [-0.2, -0.15) is 0 Å². The summed E-state index contributed by atoms with van der Waals surface area (Å²) in [4.78, 5) is 0. The highest BCUT2D eigenvalue weighted by Crippen LogP contribution is 2.34. The van der Waals surface area contributed by atoms with Crippen LogP contribution in [-0.4, -0.2) is 34.1 Å². The van der Waals surface area contributed by atoms with Gasteiger partial charge in [-0.25, -0.2) is 8.42 Å². The van der Waals surface area contributed by atoms with Crippen LogP contribution in [0.3, 0.4) is 0 Å². The summed E-state index contributed by atoms with van der Waals surface area (Å²) >= 11 is 6.12. The molecule has 0 bridgehead atoms. The minimum atomic E-state index is -2.88. The summed E-state index contributed by atoms with van der Waals surface area (Å²) in [5.41, 5.74) is 0.996. The Bertz CT molecular complexity index is 559. The van der Waals surface area contributed by atoms with Crippen molar-refractivity contribution < 1.29 is 13.2 Å². The van der Waals surface area contributed by atoms with E-state index in [0.717, 1.165) is 5.56 Å². The van der Waals surface area contributed by atoms with Gasteiger partial charge in [0.2, 0.25) is 0 Å². The predicted molar refractivity (Wildman–Crippen MR) is 76.6 cm³/mol. The molecule has 0 radical (unpaired) electrons. The molecule has 106 valence electrons. The van der Waals surface area contributed by atoms with Gasteiger partial charge in [-0.3, -0.25) is 0 Å². The molecule has 0 spiro atoms. The molecule has 19 heavy (non-hydrogen) atoms. The summed E-state index contributed by atoms with van der Waals surface area (Å²) in [6.07, 6.45) is 0.692. The van der Waals surface area contributed by atoms with Crippen LogP contribution in [0.15, 0.2) is 18.2 Å². The number of sulfone groups is 1. The van der Waals surface area contributed by atoms with Crippen LogP contribution in [0, 0.1) is 5.92 Å². The summed E-state index contributed by atoms with van der Waals surface area (Å²) in [6.45, 7) is 0. The Kier molecular flexibility index (Phi) is 4.38. The van der Waals surface area contributed by atoms with Crippen molar-refractivity contribution >= 4 is 21.4 Å². The molecule has 1 N–H and O–H groups in total. The summed E-state index contributed by atoms with van der Waals surface area (Å²) in [5.74, 6) is 1.24. The molecule has 2 atom stereocenters. The summed E-state index contributed by atoms with van der Waals surface area (Å²) in [7, 11) is 0.531. The molecule has 1 aromatic carbocycles. The topological polar surface area (TPSA) is 55.4 Å². The van der Waals surface area contributed by atoms with E-state index in [-0.39, 0.29) is 23.5 Å². The number of methoxy groups -OCH3 is 1. The van der Waals surface area contributed by atoms with Crippen LogP contribution < -0.4 is 10.1 Å². The third-order valence-corrected chi connectivity index (χ3v) is 5.67. The fourth-order valence-corrected chi connectivity index (χ4v) is 4.74. The Balaban J connectivity index is 2.25. The van der Waals surface area contributed by atoms with Gasteiger partial charge in [-0.1, -0.05) is 17.7 Å². The Morgan fingerprint density at radius 2 is 2.21 bits per heavy atom. The first-order valence-corrected chi connectivity index (χ1v) is 8.38. The zero-order valence-electron chi connectivity index (χ0n) is 11.0. The number of halogens is 1. The second-order valence-electron chi connectivity index (χ2n) is 4.82. The molecule has 0 aliphatic carbocycles. The van der Waals surface area contributed by atoms with Crippen LogP contribution in [0.5, 0.6) is 5.75 Å². The molecule has 0 aromatic heterocycles. The van der Waals surface area contributed by atoms with Crippen LogP contribution in [0.25, 0.3) is 0 Å². The zero-order chi connectivity index (χ0) is 14.0. The number of rotatable bonds is 4. The average molecular weight is 304 g/mol. The van der Waals surface area contributed by atoms with Gasteiger partial charge in [-0.15, -0.1) is 0 Å². The Hall–Kier alpha value is -0.780. The van der Waals surface area contributed by atoms with Crippen molar-refractivity contribution in [2.45, 2.75) is 12.5 Å². The lowest BCUT2D eigenvalue weighted by Gasteiger charge is -2.23. The van der Waals surface area contributed by atoms with Gasteiger partial charge in [0.15, 0.2) is 9.84 Å². The maximum atomic E-state index is 11.6. The number of ether oxygens (including phenoxy) is 1. The quantitative estimate of drug-likeness (QED) is 0.925. The van der Waals surface area contributed by atoms with Gasteiger partial charge in [-0.05, 0) is 37.1 Å². The van der Waals surface area contributed by atoms with Crippen molar-refractivity contribution in [3.05, 3.63) is 28.8 Å². The molecular weight excluding hydrogens is 286 g/mol. The highest BCUT2D eigenvalue weighted by atomic mass is 35.5. The molecule has 1 aliphatic heterocycles. The Labute approximate surface area is 119 Å². The van der Waals surface area contributed by atoms with E-state index in [1.807, 2.05) is 25.2 Å². The van der Waals surface area contributed by atoms with E-state index >= 15 is 0 Å². The van der Waals surface area contributed by atoms with E-state index in [1.165, 1.54) is 0 Å². The van der Waals surface area contributed by atoms with Crippen LogP contribution in [0.2, 0.25) is 5.02 Å².